The lowest BCUT2D eigenvalue weighted by atomic mass is 9.67. The van der Waals surface area contributed by atoms with Gasteiger partial charge in [0.25, 0.3) is 0 Å². The zero-order valence-corrected chi connectivity index (χ0v) is 10.7. The van der Waals surface area contributed by atoms with Crippen molar-refractivity contribution in [2.24, 2.45) is 5.41 Å². The van der Waals surface area contributed by atoms with E-state index in [0.717, 1.165) is 12.5 Å². The second kappa shape index (κ2) is 4.54. The second-order valence-corrected chi connectivity index (χ2v) is 5.76. The van der Waals surface area contributed by atoms with Crippen molar-refractivity contribution in [2.45, 2.75) is 38.2 Å². The first-order valence-electron chi connectivity index (χ1n) is 5.72. The van der Waals surface area contributed by atoms with Gasteiger partial charge in [-0.1, -0.05) is 13.8 Å². The number of rotatable bonds is 3. The van der Waals surface area contributed by atoms with E-state index < -0.39 is 11.6 Å². The molecule has 1 aromatic rings. The molecule has 2 atom stereocenters. The smallest absolute Gasteiger partial charge is 0.126 e. The predicted molar refractivity (Wildman–Crippen MR) is 65.0 cm³/mol. The lowest BCUT2D eigenvalue weighted by Crippen LogP contribution is -2.57. The van der Waals surface area contributed by atoms with Crippen molar-refractivity contribution in [3.05, 3.63) is 35.4 Å². The summed E-state index contributed by atoms with van der Waals surface area (Å²) in [4.78, 5) is 0. The first kappa shape index (κ1) is 12.8. The molecular weight excluding hydrogens is 244 g/mol. The van der Waals surface area contributed by atoms with E-state index in [2.05, 4.69) is 19.2 Å². The summed E-state index contributed by atoms with van der Waals surface area (Å²) < 4.78 is 25.9. The summed E-state index contributed by atoms with van der Waals surface area (Å²) in [6, 6.07) is 3.88. The van der Waals surface area contributed by atoms with Crippen LogP contribution in [0.1, 0.15) is 25.8 Å². The molecule has 4 heteroatoms. The third-order valence-corrected chi connectivity index (χ3v) is 4.36. The maximum atomic E-state index is 13.0. The van der Waals surface area contributed by atoms with Crippen LogP contribution in [0.5, 0.6) is 0 Å². The Balaban J connectivity index is 1.95. The van der Waals surface area contributed by atoms with Crippen molar-refractivity contribution in [1.29, 1.82) is 0 Å². The third-order valence-electron chi connectivity index (χ3n) is 3.62. The minimum absolute atomic E-state index is 0.0351. The normalized spacial score (nSPS) is 26.6. The van der Waals surface area contributed by atoms with E-state index in [-0.39, 0.29) is 10.8 Å². The molecule has 2 unspecified atom stereocenters. The lowest BCUT2D eigenvalue weighted by Gasteiger charge is -2.49. The van der Waals surface area contributed by atoms with Gasteiger partial charge in [0.2, 0.25) is 0 Å². The standard InChI is InChI=1S/C13H16ClF2N/c1-13(2)11(14)6-12(13)17-7-8-3-9(15)5-10(16)4-8/h3-5,11-12,17H,6-7H2,1-2H3. The average molecular weight is 260 g/mol. The molecule has 1 N–H and O–H groups in total. The van der Waals surface area contributed by atoms with E-state index in [1.54, 1.807) is 0 Å². The second-order valence-electron chi connectivity index (χ2n) is 5.24. The number of nitrogens with one attached hydrogen (secondary N) is 1. The van der Waals surface area contributed by atoms with Gasteiger partial charge >= 0.3 is 0 Å². The highest BCUT2D eigenvalue weighted by atomic mass is 35.5. The highest BCUT2D eigenvalue weighted by Crippen LogP contribution is 2.44. The first-order valence-corrected chi connectivity index (χ1v) is 6.15. The molecule has 17 heavy (non-hydrogen) atoms. The highest BCUT2D eigenvalue weighted by molar-refractivity contribution is 6.21. The van der Waals surface area contributed by atoms with Crippen LogP contribution in [0.2, 0.25) is 0 Å². The van der Waals surface area contributed by atoms with Crippen LogP contribution in [0, 0.1) is 17.0 Å². The molecule has 0 aliphatic heterocycles. The summed E-state index contributed by atoms with van der Waals surface area (Å²) in [7, 11) is 0. The molecule has 0 heterocycles. The van der Waals surface area contributed by atoms with Gasteiger partial charge in [-0.25, -0.2) is 8.78 Å². The fourth-order valence-corrected chi connectivity index (χ4v) is 2.50. The molecule has 1 nitrogen and oxygen atoms in total. The Kier molecular flexibility index (Phi) is 3.41. The molecule has 1 aliphatic rings. The molecule has 0 radical (unpaired) electrons. The van der Waals surface area contributed by atoms with Crippen molar-refractivity contribution in [2.75, 3.05) is 0 Å². The molecule has 0 bridgehead atoms. The highest BCUT2D eigenvalue weighted by Gasteiger charge is 2.46. The van der Waals surface area contributed by atoms with E-state index >= 15 is 0 Å². The molecule has 0 aromatic heterocycles. The van der Waals surface area contributed by atoms with Gasteiger partial charge in [-0.05, 0) is 29.5 Å². The zero-order chi connectivity index (χ0) is 12.6. The predicted octanol–water partition coefficient (Wildman–Crippen LogP) is 3.46. The van der Waals surface area contributed by atoms with Crippen LogP contribution in [-0.4, -0.2) is 11.4 Å². The molecule has 1 aromatic carbocycles. The third kappa shape index (κ3) is 2.61. The molecular formula is C13H16ClF2N. The fraction of sp³-hybridized carbons (Fsp3) is 0.538. The number of halogens is 3. The summed E-state index contributed by atoms with van der Waals surface area (Å²) >= 11 is 6.11. The quantitative estimate of drug-likeness (QED) is 0.820. The fourth-order valence-electron chi connectivity index (χ4n) is 2.17. The van der Waals surface area contributed by atoms with Gasteiger partial charge < -0.3 is 5.32 Å². The summed E-state index contributed by atoms with van der Waals surface area (Å²) in [6.45, 7) is 4.66. The van der Waals surface area contributed by atoms with E-state index in [1.807, 2.05) is 0 Å². The minimum atomic E-state index is -0.537. The molecule has 94 valence electrons. The molecule has 0 saturated heterocycles. The lowest BCUT2D eigenvalue weighted by molar-refractivity contribution is 0.115. The Morgan fingerprint density at radius 1 is 1.29 bits per heavy atom. The summed E-state index contributed by atoms with van der Waals surface area (Å²) in [6.07, 6.45) is 0.895. The molecule has 2 rings (SSSR count). The topological polar surface area (TPSA) is 12.0 Å². The first-order chi connectivity index (χ1) is 7.89. The van der Waals surface area contributed by atoms with Gasteiger partial charge in [-0.3, -0.25) is 0 Å². The van der Waals surface area contributed by atoms with E-state index in [1.165, 1.54) is 12.1 Å². The maximum Gasteiger partial charge on any atom is 0.126 e. The van der Waals surface area contributed by atoms with Gasteiger partial charge in [-0.2, -0.15) is 0 Å². The Hall–Kier alpha value is -0.670. The Morgan fingerprint density at radius 3 is 2.35 bits per heavy atom. The van der Waals surface area contributed by atoms with Crippen molar-refractivity contribution in [3.8, 4) is 0 Å². The van der Waals surface area contributed by atoms with Gasteiger partial charge in [0.15, 0.2) is 0 Å². The summed E-state index contributed by atoms with van der Waals surface area (Å²) in [5.41, 5.74) is 0.657. The largest absolute Gasteiger partial charge is 0.309 e. The van der Waals surface area contributed by atoms with Gasteiger partial charge in [0, 0.05) is 24.0 Å². The van der Waals surface area contributed by atoms with Crippen molar-refractivity contribution in [3.63, 3.8) is 0 Å². The van der Waals surface area contributed by atoms with Gasteiger partial charge in [0.05, 0.1) is 0 Å². The number of alkyl halides is 1. The van der Waals surface area contributed by atoms with E-state index in [9.17, 15) is 8.78 Å². The van der Waals surface area contributed by atoms with Crippen LogP contribution in [0.3, 0.4) is 0 Å². The number of hydrogen-bond donors (Lipinski definition) is 1. The summed E-state index contributed by atoms with van der Waals surface area (Å²) in [5, 5.41) is 3.46. The van der Waals surface area contributed by atoms with Crippen molar-refractivity contribution >= 4 is 11.6 Å². The van der Waals surface area contributed by atoms with Crippen LogP contribution >= 0.6 is 11.6 Å². The monoisotopic (exact) mass is 259 g/mol. The molecule has 0 spiro atoms. The van der Waals surface area contributed by atoms with Crippen LogP contribution in [0.15, 0.2) is 18.2 Å². The maximum absolute atomic E-state index is 13.0. The van der Waals surface area contributed by atoms with Gasteiger partial charge in [0.1, 0.15) is 11.6 Å². The van der Waals surface area contributed by atoms with Crippen LogP contribution in [-0.2, 0) is 6.54 Å². The van der Waals surface area contributed by atoms with E-state index in [0.29, 0.717) is 18.2 Å². The Labute approximate surface area is 105 Å². The molecule has 1 fully saturated rings. The average Bonchev–Trinajstić information content (AvgIpc) is 2.22. The number of hydrogen-bond acceptors (Lipinski definition) is 1. The van der Waals surface area contributed by atoms with Crippen LogP contribution in [0.25, 0.3) is 0 Å². The zero-order valence-electron chi connectivity index (χ0n) is 9.93. The van der Waals surface area contributed by atoms with Crippen molar-refractivity contribution in [1.82, 2.24) is 5.32 Å². The Bertz CT molecular complexity index is 400. The molecule has 0 amide bonds. The minimum Gasteiger partial charge on any atom is -0.309 e. The van der Waals surface area contributed by atoms with Crippen molar-refractivity contribution < 1.29 is 8.78 Å². The summed E-state index contributed by atoms with van der Waals surface area (Å²) in [5.74, 6) is -1.07. The van der Waals surface area contributed by atoms with E-state index in [4.69, 9.17) is 11.6 Å². The van der Waals surface area contributed by atoms with Crippen LogP contribution in [0.4, 0.5) is 8.78 Å². The SMILES string of the molecule is CC1(C)C(Cl)CC1NCc1cc(F)cc(F)c1. The molecule has 1 saturated carbocycles. The number of benzene rings is 1. The van der Waals surface area contributed by atoms with Crippen LogP contribution < -0.4 is 5.32 Å². The van der Waals surface area contributed by atoms with Gasteiger partial charge in [-0.15, -0.1) is 11.6 Å². The Morgan fingerprint density at radius 2 is 1.88 bits per heavy atom. The molecule has 1 aliphatic carbocycles.